The van der Waals surface area contributed by atoms with E-state index in [1.807, 2.05) is 0 Å². The third-order valence-electron chi connectivity index (χ3n) is 1.97. The highest BCUT2D eigenvalue weighted by Gasteiger charge is 2.13. The zero-order valence-electron chi connectivity index (χ0n) is 8.66. The first-order valence-electron chi connectivity index (χ1n) is 4.63. The molecule has 5 heteroatoms. The van der Waals surface area contributed by atoms with Crippen molar-refractivity contribution in [3.8, 4) is 6.07 Å². The summed E-state index contributed by atoms with van der Waals surface area (Å²) >= 11 is 7.45. The quantitative estimate of drug-likeness (QED) is 0.530. The largest absolute Gasteiger partial charge is 0.462 e. The van der Waals surface area contributed by atoms with Crippen LogP contribution in [-0.2, 0) is 10.1 Å². The van der Waals surface area contributed by atoms with Gasteiger partial charge in [0.1, 0.15) is 6.07 Å². The molecule has 0 saturated heterocycles. The van der Waals surface area contributed by atoms with Crippen molar-refractivity contribution in [2.45, 2.75) is 17.1 Å². The van der Waals surface area contributed by atoms with Crippen LogP contribution < -0.4 is 0 Å². The summed E-state index contributed by atoms with van der Waals surface area (Å²) in [5.41, 5.74) is 1.63. The van der Waals surface area contributed by atoms with Crippen molar-refractivity contribution < 1.29 is 9.53 Å². The number of thiol groups is 1. The van der Waals surface area contributed by atoms with Crippen molar-refractivity contribution in [3.05, 3.63) is 28.8 Å². The van der Waals surface area contributed by atoms with E-state index in [0.717, 1.165) is 5.56 Å². The van der Waals surface area contributed by atoms with Crippen molar-refractivity contribution >= 4 is 34.5 Å². The van der Waals surface area contributed by atoms with Crippen LogP contribution in [0.5, 0.6) is 0 Å². The van der Waals surface area contributed by atoms with Gasteiger partial charge in [-0.3, -0.25) is 0 Å². The van der Waals surface area contributed by atoms with E-state index in [2.05, 4.69) is 34.6 Å². The number of benzene rings is 1. The second kappa shape index (κ2) is 5.92. The van der Waals surface area contributed by atoms with Crippen LogP contribution >= 0.6 is 28.6 Å². The van der Waals surface area contributed by atoms with Gasteiger partial charge in [-0.2, -0.15) is 5.26 Å². The number of hydrogen-bond acceptors (Lipinski definition) is 4. The lowest BCUT2D eigenvalue weighted by Crippen LogP contribution is -2.06. The molecule has 0 fully saturated rings. The van der Waals surface area contributed by atoms with E-state index >= 15 is 0 Å². The monoisotopic (exact) mass is 299 g/mol. The van der Waals surface area contributed by atoms with Gasteiger partial charge < -0.3 is 4.74 Å². The predicted molar refractivity (Wildman–Crippen MR) is 67.0 cm³/mol. The summed E-state index contributed by atoms with van der Waals surface area (Å²) in [6, 6.07) is 5.25. The van der Waals surface area contributed by atoms with Crippen molar-refractivity contribution in [1.29, 1.82) is 5.26 Å². The standard InChI is InChI=1S/C11H10BrNO2S/c1-2-15-11(14)7-3-8(5-12)9(6-13)10(16)4-7/h3-4,16H,2,5H2,1H3. The average molecular weight is 300 g/mol. The first-order valence-corrected chi connectivity index (χ1v) is 6.20. The minimum atomic E-state index is -0.399. The summed E-state index contributed by atoms with van der Waals surface area (Å²) in [5.74, 6) is -0.399. The third kappa shape index (κ3) is 2.77. The van der Waals surface area contributed by atoms with Crippen LogP contribution in [0, 0.1) is 11.3 Å². The van der Waals surface area contributed by atoms with Crippen molar-refractivity contribution in [2.75, 3.05) is 6.61 Å². The fraction of sp³-hybridized carbons (Fsp3) is 0.273. The normalized spacial score (nSPS) is 9.62. The highest BCUT2D eigenvalue weighted by molar-refractivity contribution is 9.08. The lowest BCUT2D eigenvalue weighted by molar-refractivity contribution is 0.0526. The second-order valence-electron chi connectivity index (χ2n) is 3.00. The molecule has 0 radical (unpaired) electrons. The Morgan fingerprint density at radius 3 is 2.81 bits per heavy atom. The van der Waals surface area contributed by atoms with E-state index in [0.29, 0.717) is 28.0 Å². The molecule has 0 saturated carbocycles. The van der Waals surface area contributed by atoms with E-state index < -0.39 is 5.97 Å². The first kappa shape index (κ1) is 13.1. The maximum atomic E-state index is 11.5. The molecule has 0 aliphatic carbocycles. The maximum Gasteiger partial charge on any atom is 0.338 e. The fourth-order valence-corrected chi connectivity index (χ4v) is 2.03. The highest BCUT2D eigenvalue weighted by atomic mass is 79.9. The summed E-state index contributed by atoms with van der Waals surface area (Å²) in [4.78, 5) is 12.0. The number of hydrogen-bond donors (Lipinski definition) is 1. The van der Waals surface area contributed by atoms with E-state index in [4.69, 9.17) is 10.00 Å². The molecule has 0 aliphatic heterocycles. The Balaban J connectivity index is 3.21. The number of carbonyl (C=O) groups is 1. The van der Waals surface area contributed by atoms with E-state index in [1.54, 1.807) is 19.1 Å². The van der Waals surface area contributed by atoms with Crippen LogP contribution in [0.15, 0.2) is 17.0 Å². The van der Waals surface area contributed by atoms with Gasteiger partial charge in [0, 0.05) is 10.2 Å². The molecule has 0 atom stereocenters. The molecular weight excluding hydrogens is 290 g/mol. The molecule has 0 unspecified atom stereocenters. The van der Waals surface area contributed by atoms with E-state index in [9.17, 15) is 4.79 Å². The van der Waals surface area contributed by atoms with Crippen molar-refractivity contribution in [2.24, 2.45) is 0 Å². The number of ether oxygens (including phenoxy) is 1. The maximum absolute atomic E-state index is 11.5. The van der Waals surface area contributed by atoms with Crippen LogP contribution in [0.2, 0.25) is 0 Å². The van der Waals surface area contributed by atoms with Gasteiger partial charge in [-0.15, -0.1) is 12.6 Å². The van der Waals surface area contributed by atoms with E-state index in [-0.39, 0.29) is 0 Å². The molecule has 0 aromatic heterocycles. The average Bonchev–Trinajstić information content (AvgIpc) is 2.28. The molecule has 1 aromatic rings. The Labute approximate surface area is 108 Å². The van der Waals surface area contributed by atoms with Crippen LogP contribution in [-0.4, -0.2) is 12.6 Å². The molecule has 3 nitrogen and oxygen atoms in total. The number of nitriles is 1. The van der Waals surface area contributed by atoms with Gasteiger partial charge in [0.05, 0.1) is 17.7 Å². The lowest BCUT2D eigenvalue weighted by atomic mass is 10.1. The predicted octanol–water partition coefficient (Wildman–Crippen LogP) is 2.92. The molecule has 1 aromatic carbocycles. The smallest absolute Gasteiger partial charge is 0.338 e. The number of carbonyl (C=O) groups excluding carboxylic acids is 1. The van der Waals surface area contributed by atoms with Crippen LogP contribution in [0.4, 0.5) is 0 Å². The molecule has 0 bridgehead atoms. The number of alkyl halides is 1. The Morgan fingerprint density at radius 1 is 1.62 bits per heavy atom. The van der Waals surface area contributed by atoms with Crippen molar-refractivity contribution in [3.63, 3.8) is 0 Å². The van der Waals surface area contributed by atoms with Gasteiger partial charge in [0.2, 0.25) is 0 Å². The SMILES string of the molecule is CCOC(=O)c1cc(S)c(C#N)c(CBr)c1. The summed E-state index contributed by atoms with van der Waals surface area (Å²) in [6.45, 7) is 2.07. The molecule has 0 amide bonds. The van der Waals surface area contributed by atoms with Gasteiger partial charge >= 0.3 is 5.97 Å². The molecule has 16 heavy (non-hydrogen) atoms. The third-order valence-corrected chi connectivity index (χ3v) is 2.92. The Hall–Kier alpha value is -0.990. The van der Waals surface area contributed by atoms with Gasteiger partial charge in [-0.05, 0) is 24.6 Å². The Kier molecular flexibility index (Phi) is 4.84. The molecule has 84 valence electrons. The second-order valence-corrected chi connectivity index (χ2v) is 4.04. The molecular formula is C11H10BrNO2S. The Morgan fingerprint density at radius 2 is 2.31 bits per heavy atom. The molecule has 0 heterocycles. The fourth-order valence-electron chi connectivity index (χ4n) is 1.25. The molecule has 0 aliphatic rings. The molecule has 1 rings (SSSR count). The van der Waals surface area contributed by atoms with Gasteiger partial charge in [0.25, 0.3) is 0 Å². The number of nitrogens with zero attached hydrogens (tertiary/aromatic N) is 1. The van der Waals surface area contributed by atoms with E-state index in [1.165, 1.54) is 0 Å². The van der Waals surface area contributed by atoms with Crippen LogP contribution in [0.25, 0.3) is 0 Å². The summed E-state index contributed by atoms with van der Waals surface area (Å²) in [5, 5.41) is 9.42. The summed E-state index contributed by atoms with van der Waals surface area (Å²) < 4.78 is 4.88. The van der Waals surface area contributed by atoms with Crippen LogP contribution in [0.3, 0.4) is 0 Å². The topological polar surface area (TPSA) is 50.1 Å². The van der Waals surface area contributed by atoms with Crippen LogP contribution in [0.1, 0.15) is 28.4 Å². The molecule has 0 spiro atoms. The van der Waals surface area contributed by atoms with Crippen molar-refractivity contribution in [1.82, 2.24) is 0 Å². The van der Waals surface area contributed by atoms with Gasteiger partial charge in [-0.25, -0.2) is 4.79 Å². The summed E-state index contributed by atoms with van der Waals surface area (Å²) in [7, 11) is 0. The zero-order chi connectivity index (χ0) is 12.1. The minimum absolute atomic E-state index is 0.324. The highest BCUT2D eigenvalue weighted by Crippen LogP contribution is 2.22. The minimum Gasteiger partial charge on any atom is -0.462 e. The number of halogens is 1. The first-order chi connectivity index (χ1) is 7.63. The Bertz CT molecular complexity index is 454. The number of esters is 1. The number of rotatable bonds is 3. The van der Waals surface area contributed by atoms with Gasteiger partial charge in [-0.1, -0.05) is 15.9 Å². The zero-order valence-corrected chi connectivity index (χ0v) is 11.1. The summed E-state index contributed by atoms with van der Waals surface area (Å²) in [6.07, 6.45) is 0. The van der Waals surface area contributed by atoms with Gasteiger partial charge in [0.15, 0.2) is 0 Å². The lowest BCUT2D eigenvalue weighted by Gasteiger charge is -2.07. The molecule has 0 N–H and O–H groups in total.